The van der Waals surface area contributed by atoms with Crippen LogP contribution in [0, 0.1) is 6.92 Å². The minimum Gasteiger partial charge on any atom is -0.506 e. The van der Waals surface area contributed by atoms with Gasteiger partial charge in [0, 0.05) is 15.7 Å². The van der Waals surface area contributed by atoms with E-state index in [2.05, 4.69) is 21.2 Å². The molecule has 0 atom stereocenters. The number of phenols is 1. The summed E-state index contributed by atoms with van der Waals surface area (Å²) in [7, 11) is -2.53. The molecule has 2 N–H and O–H groups in total. The van der Waals surface area contributed by atoms with Crippen molar-refractivity contribution in [2.45, 2.75) is 16.7 Å². The second-order valence-electron chi connectivity index (χ2n) is 6.28. The molecule has 150 valence electrons. The van der Waals surface area contributed by atoms with Crippen molar-refractivity contribution >= 4 is 37.4 Å². The van der Waals surface area contributed by atoms with Crippen LogP contribution in [0.25, 0.3) is 0 Å². The van der Waals surface area contributed by atoms with Gasteiger partial charge in [0.1, 0.15) is 16.4 Å². The van der Waals surface area contributed by atoms with Gasteiger partial charge in [0.25, 0.3) is 5.91 Å². The molecule has 6 nitrogen and oxygen atoms in total. The summed E-state index contributed by atoms with van der Waals surface area (Å²) in [6.07, 6.45) is 0. The van der Waals surface area contributed by atoms with E-state index in [1.807, 2.05) is 0 Å². The predicted octanol–water partition coefficient (Wildman–Crippen LogP) is 4.56. The first-order valence-electron chi connectivity index (χ1n) is 8.52. The van der Waals surface area contributed by atoms with Crippen LogP contribution in [-0.4, -0.2) is 26.5 Å². The van der Waals surface area contributed by atoms with Gasteiger partial charge >= 0.3 is 0 Å². The minimum atomic E-state index is -4.01. The molecule has 0 aliphatic heterocycles. The monoisotopic (exact) mass is 475 g/mol. The number of benzene rings is 3. The lowest BCUT2D eigenvalue weighted by molar-refractivity contribution is 0.102. The summed E-state index contributed by atoms with van der Waals surface area (Å²) in [5.41, 5.74) is 1.00. The molecule has 3 rings (SSSR count). The van der Waals surface area contributed by atoms with Crippen LogP contribution in [0.5, 0.6) is 11.5 Å². The van der Waals surface area contributed by atoms with Gasteiger partial charge in [-0.1, -0.05) is 15.9 Å². The van der Waals surface area contributed by atoms with E-state index < -0.39 is 15.7 Å². The van der Waals surface area contributed by atoms with Crippen LogP contribution in [0.15, 0.2) is 74.9 Å². The molecular weight excluding hydrogens is 458 g/mol. The predicted molar refractivity (Wildman–Crippen MR) is 113 cm³/mol. The summed E-state index contributed by atoms with van der Waals surface area (Å²) >= 11 is 3.31. The van der Waals surface area contributed by atoms with Crippen molar-refractivity contribution in [1.29, 1.82) is 0 Å². The van der Waals surface area contributed by atoms with Crippen molar-refractivity contribution in [3.05, 3.63) is 76.3 Å². The van der Waals surface area contributed by atoms with Gasteiger partial charge in [-0.05, 0) is 73.2 Å². The Morgan fingerprint density at radius 3 is 2.24 bits per heavy atom. The third-order valence-electron chi connectivity index (χ3n) is 4.29. The Bertz CT molecular complexity index is 1160. The van der Waals surface area contributed by atoms with Crippen LogP contribution < -0.4 is 10.1 Å². The summed E-state index contributed by atoms with van der Waals surface area (Å²) in [6.45, 7) is 1.57. The Hall–Kier alpha value is -2.84. The Labute approximate surface area is 177 Å². The van der Waals surface area contributed by atoms with Gasteiger partial charge < -0.3 is 15.2 Å². The molecule has 0 bridgehead atoms. The molecule has 0 unspecified atom stereocenters. The Morgan fingerprint density at radius 2 is 1.66 bits per heavy atom. The first kappa shape index (κ1) is 20.9. The van der Waals surface area contributed by atoms with Crippen molar-refractivity contribution in [2.75, 3.05) is 12.4 Å². The molecule has 0 saturated carbocycles. The van der Waals surface area contributed by atoms with Crippen molar-refractivity contribution in [2.24, 2.45) is 0 Å². The van der Waals surface area contributed by atoms with Gasteiger partial charge in [-0.25, -0.2) is 8.42 Å². The van der Waals surface area contributed by atoms with Crippen LogP contribution in [0.3, 0.4) is 0 Å². The molecule has 1 amide bonds. The lowest BCUT2D eigenvalue weighted by Crippen LogP contribution is -2.13. The van der Waals surface area contributed by atoms with Crippen LogP contribution in [0.1, 0.15) is 15.9 Å². The Balaban J connectivity index is 1.98. The number of carbonyl (C=O) groups excluding carboxylic acids is 1. The number of nitrogens with one attached hydrogen (secondary N) is 1. The summed E-state index contributed by atoms with van der Waals surface area (Å²) < 4.78 is 32.0. The van der Waals surface area contributed by atoms with E-state index in [0.29, 0.717) is 16.9 Å². The van der Waals surface area contributed by atoms with E-state index in [1.54, 1.807) is 31.2 Å². The molecular formula is C21H18BrNO5S. The number of aromatic hydroxyl groups is 1. The SMILES string of the molecule is COc1ccc(S(=O)(=O)c2cc(NC(=O)c3ccc(Br)cc3)cc(C)c2O)cc1. The maximum absolute atomic E-state index is 13.0. The van der Waals surface area contributed by atoms with Gasteiger partial charge in [-0.2, -0.15) is 0 Å². The van der Waals surface area contributed by atoms with E-state index in [0.717, 1.165) is 4.47 Å². The number of ether oxygens (including phenoxy) is 1. The molecule has 0 heterocycles. The molecule has 29 heavy (non-hydrogen) atoms. The number of hydrogen-bond acceptors (Lipinski definition) is 5. The fraction of sp³-hybridized carbons (Fsp3) is 0.0952. The zero-order valence-corrected chi connectivity index (χ0v) is 18.0. The third kappa shape index (κ3) is 4.44. The van der Waals surface area contributed by atoms with Crippen LogP contribution in [0.2, 0.25) is 0 Å². The van der Waals surface area contributed by atoms with E-state index >= 15 is 0 Å². The number of anilines is 1. The quantitative estimate of drug-likeness (QED) is 0.527. The second-order valence-corrected chi connectivity index (χ2v) is 9.11. The lowest BCUT2D eigenvalue weighted by atomic mass is 10.1. The number of carbonyl (C=O) groups is 1. The highest BCUT2D eigenvalue weighted by Gasteiger charge is 2.24. The number of methoxy groups -OCH3 is 1. The van der Waals surface area contributed by atoms with Crippen molar-refractivity contribution < 1.29 is 23.1 Å². The highest BCUT2D eigenvalue weighted by Crippen LogP contribution is 2.34. The smallest absolute Gasteiger partial charge is 0.255 e. The summed E-state index contributed by atoms with van der Waals surface area (Å²) in [6, 6.07) is 15.4. The fourth-order valence-electron chi connectivity index (χ4n) is 2.71. The van der Waals surface area contributed by atoms with E-state index in [-0.39, 0.29) is 21.2 Å². The number of hydrogen-bond donors (Lipinski definition) is 2. The number of sulfone groups is 1. The number of halogens is 1. The highest BCUT2D eigenvalue weighted by molar-refractivity contribution is 9.10. The Kier molecular flexibility index (Phi) is 5.95. The zero-order chi connectivity index (χ0) is 21.2. The van der Waals surface area contributed by atoms with Crippen molar-refractivity contribution in [3.63, 3.8) is 0 Å². The van der Waals surface area contributed by atoms with E-state index in [1.165, 1.54) is 43.5 Å². The van der Waals surface area contributed by atoms with E-state index in [4.69, 9.17) is 4.74 Å². The van der Waals surface area contributed by atoms with Crippen molar-refractivity contribution in [1.82, 2.24) is 0 Å². The van der Waals surface area contributed by atoms with Crippen LogP contribution >= 0.6 is 15.9 Å². The summed E-state index contributed by atoms with van der Waals surface area (Å²) in [5.74, 6) is -0.238. The molecule has 0 radical (unpaired) electrons. The molecule has 8 heteroatoms. The van der Waals surface area contributed by atoms with E-state index in [9.17, 15) is 18.3 Å². The molecule has 0 saturated heterocycles. The largest absolute Gasteiger partial charge is 0.506 e. The normalized spacial score (nSPS) is 11.1. The summed E-state index contributed by atoms with van der Waals surface area (Å²) in [5, 5.41) is 13.1. The van der Waals surface area contributed by atoms with Gasteiger partial charge in [-0.3, -0.25) is 4.79 Å². The molecule has 3 aromatic carbocycles. The first-order chi connectivity index (χ1) is 13.7. The number of rotatable bonds is 5. The average molecular weight is 476 g/mol. The van der Waals surface area contributed by atoms with Gasteiger partial charge in [0.05, 0.1) is 12.0 Å². The maximum atomic E-state index is 13.0. The van der Waals surface area contributed by atoms with Crippen LogP contribution in [-0.2, 0) is 9.84 Å². The summed E-state index contributed by atoms with van der Waals surface area (Å²) in [4.78, 5) is 12.2. The maximum Gasteiger partial charge on any atom is 0.255 e. The molecule has 0 spiro atoms. The molecule has 0 aliphatic carbocycles. The highest BCUT2D eigenvalue weighted by atomic mass is 79.9. The van der Waals surface area contributed by atoms with Gasteiger partial charge in [-0.15, -0.1) is 0 Å². The number of phenolic OH excluding ortho intramolecular Hbond substituents is 1. The Morgan fingerprint density at radius 1 is 1.03 bits per heavy atom. The second kappa shape index (κ2) is 8.26. The first-order valence-corrected chi connectivity index (χ1v) is 10.8. The lowest BCUT2D eigenvalue weighted by Gasteiger charge is -2.13. The van der Waals surface area contributed by atoms with Gasteiger partial charge in [0.15, 0.2) is 0 Å². The third-order valence-corrected chi connectivity index (χ3v) is 6.60. The zero-order valence-electron chi connectivity index (χ0n) is 15.6. The standard InChI is InChI=1S/C21H18BrNO5S/c1-13-11-16(23-21(25)14-3-5-15(22)6-4-14)12-19(20(13)24)29(26,27)18-9-7-17(28-2)8-10-18/h3-12,24H,1-2H3,(H,23,25). The molecule has 0 aliphatic rings. The minimum absolute atomic E-state index is 0.00406. The topological polar surface area (TPSA) is 92.7 Å². The van der Waals surface area contributed by atoms with Crippen molar-refractivity contribution in [3.8, 4) is 11.5 Å². The number of aryl methyl sites for hydroxylation is 1. The fourth-order valence-corrected chi connectivity index (χ4v) is 4.42. The molecule has 0 aromatic heterocycles. The average Bonchev–Trinajstić information content (AvgIpc) is 2.71. The van der Waals surface area contributed by atoms with Crippen LogP contribution in [0.4, 0.5) is 5.69 Å². The molecule has 0 fully saturated rings. The van der Waals surface area contributed by atoms with Gasteiger partial charge in [0.2, 0.25) is 9.84 Å². The number of amides is 1. The molecule has 3 aromatic rings.